The third kappa shape index (κ3) is 4.41. The van der Waals surface area contributed by atoms with Gasteiger partial charge in [0.2, 0.25) is 0 Å². The fourth-order valence-electron chi connectivity index (χ4n) is 3.48. The summed E-state index contributed by atoms with van der Waals surface area (Å²) in [6, 6.07) is 6.52. The number of aryl methyl sites for hydroxylation is 1. The van der Waals surface area contributed by atoms with Gasteiger partial charge in [-0.3, -0.25) is 4.98 Å². The normalized spacial score (nSPS) is 14.8. The van der Waals surface area contributed by atoms with Crippen molar-refractivity contribution >= 4 is 23.2 Å². The summed E-state index contributed by atoms with van der Waals surface area (Å²) in [5.74, 6) is 1.76. The summed E-state index contributed by atoms with van der Waals surface area (Å²) in [6.07, 6.45) is -1.95. The first kappa shape index (κ1) is 21.3. The van der Waals surface area contributed by atoms with Crippen molar-refractivity contribution in [2.75, 3.05) is 36.0 Å². The summed E-state index contributed by atoms with van der Waals surface area (Å²) >= 11 is 6.11. The van der Waals surface area contributed by atoms with Crippen LogP contribution in [0.1, 0.15) is 16.8 Å². The summed E-state index contributed by atoms with van der Waals surface area (Å²) in [5, 5.41) is -0.00484. The molecule has 0 aliphatic carbocycles. The van der Waals surface area contributed by atoms with Gasteiger partial charge in [0.1, 0.15) is 17.3 Å². The number of aromatic nitrogens is 4. The van der Waals surface area contributed by atoms with Crippen LogP contribution in [0, 0.1) is 13.8 Å². The van der Waals surface area contributed by atoms with Crippen LogP contribution in [-0.4, -0.2) is 46.1 Å². The zero-order valence-electron chi connectivity index (χ0n) is 17.0. The second-order valence-corrected chi connectivity index (χ2v) is 7.70. The first-order valence-corrected chi connectivity index (χ1v) is 10.1. The summed E-state index contributed by atoms with van der Waals surface area (Å²) in [5.41, 5.74) is 1.71. The van der Waals surface area contributed by atoms with Crippen molar-refractivity contribution in [3.63, 3.8) is 0 Å². The van der Waals surface area contributed by atoms with E-state index in [2.05, 4.69) is 19.9 Å². The Morgan fingerprint density at radius 1 is 0.935 bits per heavy atom. The van der Waals surface area contributed by atoms with Crippen molar-refractivity contribution < 1.29 is 13.2 Å². The highest BCUT2D eigenvalue weighted by Crippen LogP contribution is 2.34. The maximum atomic E-state index is 12.9. The van der Waals surface area contributed by atoms with Gasteiger partial charge in [-0.2, -0.15) is 13.2 Å². The van der Waals surface area contributed by atoms with Gasteiger partial charge in [0, 0.05) is 49.8 Å². The second-order valence-electron chi connectivity index (χ2n) is 7.30. The van der Waals surface area contributed by atoms with Crippen molar-refractivity contribution in [3.05, 3.63) is 58.5 Å². The van der Waals surface area contributed by atoms with E-state index in [0.717, 1.165) is 29.3 Å². The van der Waals surface area contributed by atoms with Crippen LogP contribution in [-0.2, 0) is 6.18 Å². The first-order chi connectivity index (χ1) is 14.7. The highest BCUT2D eigenvalue weighted by Gasteiger charge is 2.32. The Balaban J connectivity index is 1.54. The molecule has 0 spiro atoms. The average Bonchev–Trinajstić information content (AvgIpc) is 2.76. The van der Waals surface area contributed by atoms with Crippen LogP contribution < -0.4 is 9.80 Å². The molecule has 4 heterocycles. The molecule has 162 valence electrons. The Labute approximate surface area is 182 Å². The highest BCUT2D eigenvalue weighted by molar-refractivity contribution is 6.33. The van der Waals surface area contributed by atoms with Gasteiger partial charge in [0.05, 0.1) is 10.6 Å². The first-order valence-electron chi connectivity index (χ1n) is 9.73. The molecule has 1 aliphatic rings. The van der Waals surface area contributed by atoms with Crippen LogP contribution >= 0.6 is 11.6 Å². The SMILES string of the molecule is Cc1nc(-c2ccccn2)nc(N2CCN(c3ncc(C(F)(F)F)cc3Cl)CC2)c1C. The van der Waals surface area contributed by atoms with Crippen LogP contribution in [0.4, 0.5) is 24.8 Å². The van der Waals surface area contributed by atoms with Gasteiger partial charge >= 0.3 is 6.18 Å². The van der Waals surface area contributed by atoms with Crippen molar-refractivity contribution in [3.8, 4) is 11.5 Å². The molecule has 0 unspecified atom stereocenters. The predicted octanol–water partition coefficient (Wildman–Crippen LogP) is 4.55. The summed E-state index contributed by atoms with van der Waals surface area (Å²) in [6.45, 7) is 6.28. The Hall–Kier alpha value is -2.94. The molecule has 0 radical (unpaired) electrons. The quantitative estimate of drug-likeness (QED) is 0.586. The molecule has 0 amide bonds. The van der Waals surface area contributed by atoms with Gasteiger partial charge in [0.15, 0.2) is 5.82 Å². The molecule has 0 aromatic carbocycles. The Morgan fingerprint density at radius 2 is 1.61 bits per heavy atom. The van der Waals surface area contributed by atoms with E-state index in [4.69, 9.17) is 16.6 Å². The maximum absolute atomic E-state index is 12.9. The lowest BCUT2D eigenvalue weighted by Crippen LogP contribution is -2.47. The number of rotatable bonds is 3. The summed E-state index contributed by atoms with van der Waals surface area (Å²) in [7, 11) is 0. The molecule has 0 N–H and O–H groups in total. The lowest BCUT2D eigenvalue weighted by atomic mass is 10.2. The van der Waals surface area contributed by atoms with E-state index >= 15 is 0 Å². The smallest absolute Gasteiger partial charge is 0.353 e. The molecule has 6 nitrogen and oxygen atoms in total. The minimum Gasteiger partial charge on any atom is -0.353 e. The van der Waals surface area contributed by atoms with Crippen LogP contribution in [0.15, 0.2) is 36.7 Å². The number of halogens is 4. The predicted molar refractivity (Wildman–Crippen MR) is 113 cm³/mol. The van der Waals surface area contributed by atoms with Crippen LogP contribution in [0.3, 0.4) is 0 Å². The van der Waals surface area contributed by atoms with Crippen molar-refractivity contribution in [1.29, 1.82) is 0 Å². The van der Waals surface area contributed by atoms with E-state index in [1.165, 1.54) is 0 Å². The topological polar surface area (TPSA) is 58.0 Å². The molecule has 10 heteroatoms. The van der Waals surface area contributed by atoms with E-state index < -0.39 is 11.7 Å². The zero-order chi connectivity index (χ0) is 22.2. The number of anilines is 2. The van der Waals surface area contributed by atoms with E-state index in [9.17, 15) is 13.2 Å². The van der Waals surface area contributed by atoms with E-state index in [-0.39, 0.29) is 5.02 Å². The number of alkyl halides is 3. The number of piperazine rings is 1. The highest BCUT2D eigenvalue weighted by atomic mass is 35.5. The Morgan fingerprint density at radius 3 is 2.19 bits per heavy atom. The largest absolute Gasteiger partial charge is 0.417 e. The fourth-order valence-corrected chi connectivity index (χ4v) is 3.77. The fraction of sp³-hybridized carbons (Fsp3) is 0.333. The number of pyridine rings is 2. The second kappa shape index (κ2) is 8.30. The van der Waals surface area contributed by atoms with Gasteiger partial charge in [-0.25, -0.2) is 15.0 Å². The van der Waals surface area contributed by atoms with Gasteiger partial charge in [-0.05, 0) is 32.0 Å². The van der Waals surface area contributed by atoms with Gasteiger partial charge in [-0.1, -0.05) is 17.7 Å². The minimum atomic E-state index is -4.47. The number of hydrogen-bond acceptors (Lipinski definition) is 6. The standard InChI is InChI=1S/C21H20ClF3N6/c1-13-14(2)28-18(17-5-3-4-6-26-17)29-19(13)30-7-9-31(10-8-30)20-16(22)11-15(12-27-20)21(23,24)25/h3-6,11-12H,7-10H2,1-2H3. The monoisotopic (exact) mass is 448 g/mol. The molecule has 0 atom stereocenters. The molecular weight excluding hydrogens is 429 g/mol. The van der Waals surface area contributed by atoms with Crippen molar-refractivity contribution in [2.24, 2.45) is 0 Å². The lowest BCUT2D eigenvalue weighted by Gasteiger charge is -2.37. The number of hydrogen-bond donors (Lipinski definition) is 0. The van der Waals surface area contributed by atoms with E-state index in [1.807, 2.05) is 36.9 Å². The van der Waals surface area contributed by atoms with Gasteiger partial charge in [0.25, 0.3) is 0 Å². The molecule has 4 rings (SSSR count). The molecule has 1 aliphatic heterocycles. The molecule has 31 heavy (non-hydrogen) atoms. The maximum Gasteiger partial charge on any atom is 0.417 e. The third-order valence-electron chi connectivity index (χ3n) is 5.29. The molecule has 1 fully saturated rings. The average molecular weight is 449 g/mol. The Kier molecular flexibility index (Phi) is 5.70. The molecule has 3 aromatic heterocycles. The van der Waals surface area contributed by atoms with Crippen molar-refractivity contribution in [2.45, 2.75) is 20.0 Å². The molecule has 1 saturated heterocycles. The van der Waals surface area contributed by atoms with E-state index in [0.29, 0.717) is 43.5 Å². The van der Waals surface area contributed by atoms with Crippen LogP contribution in [0.2, 0.25) is 5.02 Å². The lowest BCUT2D eigenvalue weighted by molar-refractivity contribution is -0.137. The number of nitrogens with zero attached hydrogens (tertiary/aromatic N) is 6. The summed E-state index contributed by atoms with van der Waals surface area (Å²) in [4.78, 5) is 21.7. The van der Waals surface area contributed by atoms with Crippen LogP contribution in [0.25, 0.3) is 11.5 Å². The van der Waals surface area contributed by atoms with Crippen LogP contribution in [0.5, 0.6) is 0 Å². The molecule has 3 aromatic rings. The molecule has 0 saturated carbocycles. The molecular formula is C21H20ClF3N6. The van der Waals surface area contributed by atoms with Gasteiger partial charge < -0.3 is 9.80 Å². The minimum absolute atomic E-state index is 0.00484. The van der Waals surface area contributed by atoms with Gasteiger partial charge in [-0.15, -0.1) is 0 Å². The third-order valence-corrected chi connectivity index (χ3v) is 5.56. The van der Waals surface area contributed by atoms with Crippen molar-refractivity contribution in [1.82, 2.24) is 19.9 Å². The van der Waals surface area contributed by atoms with E-state index in [1.54, 1.807) is 6.20 Å². The summed E-state index contributed by atoms with van der Waals surface area (Å²) < 4.78 is 38.6. The zero-order valence-corrected chi connectivity index (χ0v) is 17.7. The Bertz CT molecular complexity index is 1080. The molecule has 0 bridgehead atoms.